The highest BCUT2D eigenvalue weighted by atomic mass is 79.9. The fourth-order valence-electron chi connectivity index (χ4n) is 1.64. The second kappa shape index (κ2) is 6.73. The van der Waals surface area contributed by atoms with Gasteiger partial charge in [-0.2, -0.15) is 5.26 Å². The zero-order valence-corrected chi connectivity index (χ0v) is 12.1. The van der Waals surface area contributed by atoms with Crippen molar-refractivity contribution < 1.29 is 4.79 Å². The number of nitrogens with one attached hydrogen (secondary N) is 2. The smallest absolute Gasteiger partial charge is 0.319 e. The number of urea groups is 1. The molecule has 20 heavy (non-hydrogen) atoms. The summed E-state index contributed by atoms with van der Waals surface area (Å²) in [6, 6.07) is 16.2. The molecule has 0 saturated heterocycles. The molecule has 0 unspecified atom stereocenters. The predicted octanol–water partition coefficient (Wildman–Crippen LogP) is 3.64. The van der Waals surface area contributed by atoms with Crippen molar-refractivity contribution in [3.05, 3.63) is 64.1 Å². The fourth-order valence-corrected chi connectivity index (χ4v) is 1.91. The van der Waals surface area contributed by atoms with Gasteiger partial charge in [0, 0.05) is 11.0 Å². The van der Waals surface area contributed by atoms with Crippen LogP contribution in [0.1, 0.15) is 11.1 Å². The third-order valence-electron chi connectivity index (χ3n) is 2.66. The molecular weight excluding hydrogens is 318 g/mol. The quantitative estimate of drug-likeness (QED) is 0.902. The number of carbonyl (C=O) groups excluding carboxylic acids is 1. The van der Waals surface area contributed by atoms with Gasteiger partial charge in [-0.05, 0) is 29.8 Å². The minimum atomic E-state index is -0.337. The largest absolute Gasteiger partial charge is 0.334 e. The van der Waals surface area contributed by atoms with E-state index in [1.54, 1.807) is 24.3 Å². The summed E-state index contributed by atoms with van der Waals surface area (Å²) in [5, 5.41) is 14.3. The molecule has 0 aliphatic rings. The van der Waals surface area contributed by atoms with E-state index in [1.165, 1.54) is 0 Å². The summed E-state index contributed by atoms with van der Waals surface area (Å²) in [6.45, 7) is 0.424. The predicted molar refractivity (Wildman–Crippen MR) is 81.2 cm³/mol. The molecule has 2 aromatic carbocycles. The van der Waals surface area contributed by atoms with Gasteiger partial charge in [-0.1, -0.05) is 40.2 Å². The molecule has 2 aromatic rings. The summed E-state index contributed by atoms with van der Waals surface area (Å²) in [5.74, 6) is 0. The first-order valence-electron chi connectivity index (χ1n) is 5.97. The van der Waals surface area contributed by atoms with E-state index >= 15 is 0 Å². The van der Waals surface area contributed by atoms with Crippen molar-refractivity contribution in [2.24, 2.45) is 0 Å². The third-order valence-corrected chi connectivity index (χ3v) is 3.19. The number of benzene rings is 2. The lowest BCUT2D eigenvalue weighted by atomic mass is 10.2. The molecule has 2 rings (SSSR count). The Bertz CT molecular complexity index is 647. The van der Waals surface area contributed by atoms with Crippen molar-refractivity contribution >= 4 is 27.6 Å². The Morgan fingerprint density at radius 3 is 2.55 bits per heavy atom. The number of para-hydroxylation sites is 1. The molecule has 4 nitrogen and oxygen atoms in total. The molecule has 0 fully saturated rings. The van der Waals surface area contributed by atoms with Gasteiger partial charge in [0.25, 0.3) is 0 Å². The van der Waals surface area contributed by atoms with Crippen LogP contribution < -0.4 is 10.6 Å². The summed E-state index contributed by atoms with van der Waals surface area (Å²) in [6.07, 6.45) is 0. The average Bonchev–Trinajstić information content (AvgIpc) is 2.47. The standard InChI is InChI=1S/C15H12BrN3O/c16-13-7-5-11(6-8-13)10-18-15(20)19-14-4-2-1-3-12(14)9-17/h1-8H,10H2,(H2,18,19,20). The average molecular weight is 330 g/mol. The number of nitrogens with zero attached hydrogens (tertiary/aromatic N) is 1. The molecule has 0 bridgehead atoms. The molecule has 0 radical (unpaired) electrons. The van der Waals surface area contributed by atoms with Gasteiger partial charge in [0.15, 0.2) is 0 Å². The monoisotopic (exact) mass is 329 g/mol. The van der Waals surface area contributed by atoms with Gasteiger partial charge in [0.2, 0.25) is 0 Å². The second-order valence-electron chi connectivity index (χ2n) is 4.09. The van der Waals surface area contributed by atoms with Crippen molar-refractivity contribution in [1.29, 1.82) is 5.26 Å². The first-order chi connectivity index (χ1) is 9.69. The first-order valence-corrected chi connectivity index (χ1v) is 6.77. The Hall–Kier alpha value is -2.32. The fraction of sp³-hybridized carbons (Fsp3) is 0.0667. The lowest BCUT2D eigenvalue weighted by Crippen LogP contribution is -2.28. The normalized spacial score (nSPS) is 9.60. The van der Waals surface area contributed by atoms with Crippen molar-refractivity contribution in [2.75, 3.05) is 5.32 Å². The number of halogens is 1. The number of amides is 2. The van der Waals surface area contributed by atoms with E-state index in [9.17, 15) is 4.79 Å². The maximum absolute atomic E-state index is 11.8. The summed E-state index contributed by atoms with van der Waals surface area (Å²) < 4.78 is 0.994. The van der Waals surface area contributed by atoms with Gasteiger partial charge in [-0.25, -0.2) is 4.79 Å². The van der Waals surface area contributed by atoms with E-state index in [1.807, 2.05) is 30.3 Å². The molecule has 0 heterocycles. The molecule has 0 aliphatic heterocycles. The Labute approximate surface area is 125 Å². The van der Waals surface area contributed by atoms with Gasteiger partial charge < -0.3 is 10.6 Å². The van der Waals surface area contributed by atoms with Gasteiger partial charge in [0.05, 0.1) is 11.3 Å². The van der Waals surface area contributed by atoms with Crippen LogP contribution in [0.3, 0.4) is 0 Å². The topological polar surface area (TPSA) is 64.9 Å². The van der Waals surface area contributed by atoms with E-state index in [2.05, 4.69) is 26.6 Å². The van der Waals surface area contributed by atoms with Crippen LogP contribution in [0.15, 0.2) is 53.0 Å². The highest BCUT2D eigenvalue weighted by Crippen LogP contribution is 2.13. The molecule has 100 valence electrons. The number of rotatable bonds is 3. The summed E-state index contributed by atoms with van der Waals surface area (Å²) in [7, 11) is 0. The second-order valence-corrected chi connectivity index (χ2v) is 5.01. The number of hydrogen-bond acceptors (Lipinski definition) is 2. The lowest BCUT2D eigenvalue weighted by molar-refractivity contribution is 0.251. The minimum Gasteiger partial charge on any atom is -0.334 e. The number of nitriles is 1. The summed E-state index contributed by atoms with van der Waals surface area (Å²) in [4.78, 5) is 11.8. The molecular formula is C15H12BrN3O. The summed E-state index contributed by atoms with van der Waals surface area (Å²) >= 11 is 3.36. The van der Waals surface area contributed by atoms with Crippen LogP contribution >= 0.6 is 15.9 Å². The Kier molecular flexibility index (Phi) is 4.75. The van der Waals surface area contributed by atoms with Crippen LogP contribution in [0.25, 0.3) is 0 Å². The molecule has 0 saturated carbocycles. The zero-order chi connectivity index (χ0) is 14.4. The number of anilines is 1. The van der Waals surface area contributed by atoms with E-state index in [0.717, 1.165) is 10.0 Å². The Morgan fingerprint density at radius 2 is 1.85 bits per heavy atom. The minimum absolute atomic E-state index is 0.337. The van der Waals surface area contributed by atoms with Crippen molar-refractivity contribution in [3.63, 3.8) is 0 Å². The highest BCUT2D eigenvalue weighted by molar-refractivity contribution is 9.10. The maximum atomic E-state index is 11.8. The van der Waals surface area contributed by atoms with Crippen molar-refractivity contribution in [3.8, 4) is 6.07 Å². The molecule has 5 heteroatoms. The number of hydrogen-bond donors (Lipinski definition) is 2. The molecule has 2 amide bonds. The molecule has 0 aromatic heterocycles. The zero-order valence-electron chi connectivity index (χ0n) is 10.6. The van der Waals surface area contributed by atoms with E-state index in [-0.39, 0.29) is 6.03 Å². The van der Waals surface area contributed by atoms with Gasteiger partial charge >= 0.3 is 6.03 Å². The van der Waals surface area contributed by atoms with Crippen molar-refractivity contribution in [1.82, 2.24) is 5.32 Å². The molecule has 0 spiro atoms. The first kappa shape index (κ1) is 14.1. The van der Waals surface area contributed by atoms with Gasteiger partial charge in [-0.15, -0.1) is 0 Å². The molecule has 0 atom stereocenters. The Balaban J connectivity index is 1.93. The van der Waals surface area contributed by atoms with Gasteiger partial charge in [0.1, 0.15) is 6.07 Å². The number of carbonyl (C=O) groups is 1. The summed E-state index contributed by atoms with van der Waals surface area (Å²) in [5.41, 5.74) is 1.94. The molecule has 2 N–H and O–H groups in total. The van der Waals surface area contributed by atoms with Crippen LogP contribution in [0, 0.1) is 11.3 Å². The Morgan fingerprint density at radius 1 is 1.15 bits per heavy atom. The van der Waals surface area contributed by atoms with E-state index in [4.69, 9.17) is 5.26 Å². The van der Waals surface area contributed by atoms with Crippen LogP contribution in [-0.4, -0.2) is 6.03 Å². The highest BCUT2D eigenvalue weighted by Gasteiger charge is 2.05. The van der Waals surface area contributed by atoms with Crippen LogP contribution in [0.5, 0.6) is 0 Å². The SMILES string of the molecule is N#Cc1ccccc1NC(=O)NCc1ccc(Br)cc1. The van der Waals surface area contributed by atoms with Crippen LogP contribution in [0.2, 0.25) is 0 Å². The third kappa shape index (κ3) is 3.84. The van der Waals surface area contributed by atoms with Crippen LogP contribution in [-0.2, 0) is 6.54 Å². The lowest BCUT2D eigenvalue weighted by Gasteiger charge is -2.08. The maximum Gasteiger partial charge on any atom is 0.319 e. The van der Waals surface area contributed by atoms with E-state index < -0.39 is 0 Å². The van der Waals surface area contributed by atoms with Crippen molar-refractivity contribution in [2.45, 2.75) is 6.54 Å². The van der Waals surface area contributed by atoms with Gasteiger partial charge in [-0.3, -0.25) is 0 Å². The van der Waals surface area contributed by atoms with Crippen LogP contribution in [0.4, 0.5) is 10.5 Å². The molecule has 0 aliphatic carbocycles. The van der Waals surface area contributed by atoms with E-state index in [0.29, 0.717) is 17.8 Å².